The normalized spacial score (nSPS) is 16.9. The number of halogens is 4. The fraction of sp³-hybridized carbons (Fsp3) is 0.303. The molecule has 1 saturated heterocycles. The molecule has 14 heteroatoms. The lowest BCUT2D eigenvalue weighted by atomic mass is 9.99. The average molecular weight is 645 g/mol. The zero-order chi connectivity index (χ0) is 32.5. The number of nitrogens with one attached hydrogen (secondary N) is 1. The Bertz CT molecular complexity index is 2010. The monoisotopic (exact) mass is 644 g/mol. The van der Waals surface area contributed by atoms with Gasteiger partial charge in [0.2, 0.25) is 5.82 Å². The van der Waals surface area contributed by atoms with Crippen molar-refractivity contribution in [1.29, 1.82) is 5.26 Å². The first-order valence-corrected chi connectivity index (χ1v) is 15.0. The van der Waals surface area contributed by atoms with Crippen LogP contribution in [0.3, 0.4) is 0 Å². The lowest BCUT2D eigenvalue weighted by molar-refractivity contribution is -0.144. The molecule has 0 spiro atoms. The number of aromatic nitrogens is 6. The van der Waals surface area contributed by atoms with E-state index < -0.39 is 17.8 Å². The van der Waals surface area contributed by atoms with Crippen LogP contribution in [0.2, 0.25) is 0 Å². The second-order valence-corrected chi connectivity index (χ2v) is 11.4. The number of benzene rings is 2. The molecule has 2 aromatic carbocycles. The molecule has 1 unspecified atom stereocenters. The van der Waals surface area contributed by atoms with Crippen LogP contribution in [0.5, 0.6) is 5.75 Å². The number of ether oxygens (including phenoxy) is 2. The molecule has 1 atom stereocenters. The van der Waals surface area contributed by atoms with Gasteiger partial charge in [0.25, 0.3) is 0 Å². The summed E-state index contributed by atoms with van der Waals surface area (Å²) in [6.45, 7) is 3.37. The number of aromatic amines is 1. The Kier molecular flexibility index (Phi) is 8.17. The van der Waals surface area contributed by atoms with Crippen LogP contribution < -0.4 is 4.74 Å². The van der Waals surface area contributed by atoms with Crippen molar-refractivity contribution in [2.45, 2.75) is 44.8 Å². The minimum Gasteiger partial charge on any atom is -0.489 e. The highest BCUT2D eigenvalue weighted by Crippen LogP contribution is 2.30. The van der Waals surface area contributed by atoms with Gasteiger partial charge in [-0.25, -0.2) is 9.37 Å². The SMILES string of the molecule is N#Cc1ccc(COc2cccc(C3=CCN(Cc4nc5cc(-c6nnc(C(F)(F)F)[nH]6)ncc5n4CC4CCO4)CC3)c2)c(F)c1. The largest absolute Gasteiger partial charge is 0.489 e. The summed E-state index contributed by atoms with van der Waals surface area (Å²) in [7, 11) is 0. The summed E-state index contributed by atoms with van der Waals surface area (Å²) in [5.41, 5.74) is 4.41. The standard InChI is InChI=1S/C33H28F4N8O2/c34-26-12-20(15-38)4-5-23(26)19-47-24-3-1-2-22(13-24)21-6-9-44(10-7-21)18-30-40-27-14-28(31-41-32(43-42-31)33(35,36)37)39-16-29(27)45(30)17-25-8-11-46-25/h1-6,12-14,16,25H,7-11,17-19H2,(H,41,42,43). The van der Waals surface area contributed by atoms with Gasteiger partial charge in [0.15, 0.2) is 5.82 Å². The summed E-state index contributed by atoms with van der Waals surface area (Å²) in [5.74, 6) is -0.310. The third-order valence-corrected chi connectivity index (χ3v) is 8.33. The number of nitrogens with zero attached hydrogens (tertiary/aromatic N) is 7. The molecule has 5 heterocycles. The number of H-pyrrole nitrogens is 1. The predicted octanol–water partition coefficient (Wildman–Crippen LogP) is 5.90. The summed E-state index contributed by atoms with van der Waals surface area (Å²) < 4.78 is 67.1. The quantitative estimate of drug-likeness (QED) is 0.197. The molecule has 0 bridgehead atoms. The van der Waals surface area contributed by atoms with E-state index in [0.717, 1.165) is 36.3 Å². The van der Waals surface area contributed by atoms with Crippen molar-refractivity contribution < 1.29 is 27.0 Å². The first kappa shape index (κ1) is 30.5. The van der Waals surface area contributed by atoms with Crippen molar-refractivity contribution in [1.82, 2.24) is 34.6 Å². The number of pyridine rings is 1. The maximum Gasteiger partial charge on any atom is 0.451 e. The number of rotatable bonds is 9. The van der Waals surface area contributed by atoms with Gasteiger partial charge >= 0.3 is 6.18 Å². The van der Waals surface area contributed by atoms with Crippen molar-refractivity contribution in [2.24, 2.45) is 0 Å². The highest BCUT2D eigenvalue weighted by atomic mass is 19.4. The van der Waals surface area contributed by atoms with E-state index in [0.29, 0.717) is 43.1 Å². The summed E-state index contributed by atoms with van der Waals surface area (Å²) in [6.07, 6.45) is 0.925. The predicted molar refractivity (Wildman–Crippen MR) is 162 cm³/mol. The van der Waals surface area contributed by atoms with E-state index in [1.54, 1.807) is 24.4 Å². The molecule has 0 saturated carbocycles. The van der Waals surface area contributed by atoms with Gasteiger partial charge in [-0.3, -0.25) is 9.88 Å². The molecule has 240 valence electrons. The van der Waals surface area contributed by atoms with E-state index in [1.807, 2.05) is 30.3 Å². The van der Waals surface area contributed by atoms with Gasteiger partial charge < -0.3 is 19.0 Å². The zero-order valence-corrected chi connectivity index (χ0v) is 25.0. The Morgan fingerprint density at radius 1 is 1.13 bits per heavy atom. The molecule has 47 heavy (non-hydrogen) atoms. The molecule has 7 rings (SSSR count). The highest BCUT2D eigenvalue weighted by molar-refractivity contribution is 5.79. The second-order valence-electron chi connectivity index (χ2n) is 11.4. The molecular weight excluding hydrogens is 616 g/mol. The molecule has 0 radical (unpaired) electrons. The molecule has 2 aliphatic rings. The number of hydrogen-bond donors (Lipinski definition) is 1. The molecule has 5 aromatic rings. The number of alkyl halides is 3. The van der Waals surface area contributed by atoms with Crippen LogP contribution in [-0.4, -0.2) is 60.4 Å². The molecule has 2 aliphatic heterocycles. The van der Waals surface area contributed by atoms with Crippen LogP contribution in [0.25, 0.3) is 28.1 Å². The molecule has 0 aliphatic carbocycles. The maximum atomic E-state index is 14.3. The van der Waals surface area contributed by atoms with Crippen LogP contribution >= 0.6 is 0 Å². The topological polar surface area (TPSA) is 118 Å². The van der Waals surface area contributed by atoms with Gasteiger partial charge in [0.05, 0.1) is 48.1 Å². The van der Waals surface area contributed by atoms with Crippen molar-refractivity contribution in [3.8, 4) is 23.3 Å². The average Bonchev–Trinajstić information content (AvgIpc) is 3.68. The lowest BCUT2D eigenvalue weighted by Gasteiger charge is -2.29. The fourth-order valence-electron chi connectivity index (χ4n) is 5.66. The third kappa shape index (κ3) is 6.58. The van der Waals surface area contributed by atoms with E-state index in [9.17, 15) is 17.6 Å². The summed E-state index contributed by atoms with van der Waals surface area (Å²) in [4.78, 5) is 13.7. The Morgan fingerprint density at radius 2 is 2.00 bits per heavy atom. The van der Waals surface area contributed by atoms with Gasteiger partial charge in [0, 0.05) is 25.3 Å². The minimum absolute atomic E-state index is 0.0464. The van der Waals surface area contributed by atoms with E-state index in [-0.39, 0.29) is 29.8 Å². The second kappa shape index (κ2) is 12.6. The van der Waals surface area contributed by atoms with Crippen LogP contribution in [-0.2, 0) is 30.6 Å². The van der Waals surface area contributed by atoms with Crippen LogP contribution in [0.1, 0.15) is 41.2 Å². The Hall–Kier alpha value is -5.13. The summed E-state index contributed by atoms with van der Waals surface area (Å²) in [6, 6.07) is 15.6. The van der Waals surface area contributed by atoms with Crippen LogP contribution in [0, 0.1) is 17.1 Å². The summed E-state index contributed by atoms with van der Waals surface area (Å²) >= 11 is 0. The first-order chi connectivity index (χ1) is 22.7. The van der Waals surface area contributed by atoms with E-state index in [4.69, 9.17) is 19.7 Å². The number of fused-ring (bicyclic) bond motifs is 1. The van der Waals surface area contributed by atoms with Gasteiger partial charge in [-0.15, -0.1) is 10.2 Å². The number of nitriles is 1. The van der Waals surface area contributed by atoms with E-state index in [2.05, 4.69) is 35.7 Å². The van der Waals surface area contributed by atoms with Gasteiger partial charge in [0.1, 0.15) is 29.7 Å². The lowest BCUT2D eigenvalue weighted by Crippen LogP contribution is -2.33. The maximum absolute atomic E-state index is 14.3. The molecule has 3 aromatic heterocycles. The highest BCUT2D eigenvalue weighted by Gasteiger charge is 2.35. The fourth-order valence-corrected chi connectivity index (χ4v) is 5.66. The van der Waals surface area contributed by atoms with Crippen LogP contribution in [0.15, 0.2) is 60.8 Å². The number of hydrogen-bond acceptors (Lipinski definition) is 8. The van der Waals surface area contributed by atoms with Crippen LogP contribution in [0.4, 0.5) is 17.6 Å². The van der Waals surface area contributed by atoms with Gasteiger partial charge in [-0.1, -0.05) is 24.3 Å². The Labute approximate surface area is 266 Å². The van der Waals surface area contributed by atoms with Gasteiger partial charge in [-0.05, 0) is 54.3 Å². The van der Waals surface area contributed by atoms with Crippen molar-refractivity contribution in [2.75, 3.05) is 19.7 Å². The third-order valence-electron chi connectivity index (χ3n) is 8.33. The Balaban J connectivity index is 1.06. The molecule has 0 amide bonds. The van der Waals surface area contributed by atoms with Gasteiger partial charge in [-0.2, -0.15) is 18.4 Å². The van der Waals surface area contributed by atoms with Crippen molar-refractivity contribution >= 4 is 16.6 Å². The first-order valence-electron chi connectivity index (χ1n) is 15.0. The Morgan fingerprint density at radius 3 is 2.70 bits per heavy atom. The van der Waals surface area contributed by atoms with Crippen molar-refractivity contribution in [3.05, 3.63) is 95.0 Å². The molecule has 1 fully saturated rings. The smallest absolute Gasteiger partial charge is 0.451 e. The van der Waals surface area contributed by atoms with E-state index >= 15 is 0 Å². The molecule has 10 nitrogen and oxygen atoms in total. The minimum atomic E-state index is -4.64. The zero-order valence-electron chi connectivity index (χ0n) is 25.0. The molecular formula is C33H28F4N8O2. The summed E-state index contributed by atoms with van der Waals surface area (Å²) in [5, 5.41) is 15.8. The number of imidazole rings is 1. The molecule has 1 N–H and O–H groups in total. The van der Waals surface area contributed by atoms with Crippen molar-refractivity contribution in [3.63, 3.8) is 0 Å². The van der Waals surface area contributed by atoms with E-state index in [1.165, 1.54) is 11.6 Å².